The van der Waals surface area contributed by atoms with Crippen LogP contribution < -0.4 is 26.7 Å². The highest BCUT2D eigenvalue weighted by molar-refractivity contribution is 7.20. The third-order valence-electron chi connectivity index (χ3n) is 14.7. The lowest BCUT2D eigenvalue weighted by Gasteiger charge is -2.40. The van der Waals surface area contributed by atoms with E-state index in [1.807, 2.05) is 19.9 Å². The van der Waals surface area contributed by atoms with Gasteiger partial charge in [-0.3, -0.25) is 30.0 Å². The quantitative estimate of drug-likeness (QED) is 0.0309. The van der Waals surface area contributed by atoms with Crippen molar-refractivity contribution in [2.24, 2.45) is 23.3 Å². The predicted octanol–water partition coefficient (Wildman–Crippen LogP) is 14.6. The van der Waals surface area contributed by atoms with Gasteiger partial charge in [-0.05, 0) is 153 Å². The number of carbonyl (C=O) groups is 4. The normalized spacial score (nSPS) is 13.3. The molecule has 0 bridgehead atoms. The largest absolute Gasteiger partial charge is 0.544 e. The van der Waals surface area contributed by atoms with E-state index in [2.05, 4.69) is 122 Å². The molecule has 78 heavy (non-hydrogen) atoms. The van der Waals surface area contributed by atoms with E-state index in [1.54, 1.807) is 49.4 Å². The van der Waals surface area contributed by atoms with E-state index < -0.39 is 59.7 Å². The Balaban J connectivity index is 0.000000558. The highest BCUT2D eigenvalue weighted by Gasteiger charge is 2.41. The van der Waals surface area contributed by atoms with Crippen molar-refractivity contribution < 1.29 is 38.2 Å². The number of nitrogens with one attached hydrogen (secondary N) is 2. The van der Waals surface area contributed by atoms with Gasteiger partial charge < -0.3 is 30.5 Å². The maximum absolute atomic E-state index is 12.5. The summed E-state index contributed by atoms with van der Waals surface area (Å²) < 4.78 is 12.5. The van der Waals surface area contributed by atoms with E-state index in [4.69, 9.17) is 67.7 Å². The molecule has 4 aromatic rings. The van der Waals surface area contributed by atoms with Crippen molar-refractivity contribution in [3.63, 3.8) is 0 Å². The number of benzene rings is 4. The van der Waals surface area contributed by atoms with Crippen LogP contribution in [0, 0.1) is 38.8 Å². The number of carbonyl (C=O) groups excluding carboxylic acids is 4. The highest BCUT2D eigenvalue weighted by Crippen LogP contribution is 2.41. The summed E-state index contributed by atoms with van der Waals surface area (Å²) in [4.78, 5) is 54.3. The van der Waals surface area contributed by atoms with E-state index in [1.165, 1.54) is 31.2 Å². The monoisotopic (exact) mass is 1180 g/mol. The van der Waals surface area contributed by atoms with Crippen LogP contribution >= 0.6 is 34.3 Å². The van der Waals surface area contributed by atoms with Crippen LogP contribution in [0.5, 0.6) is 11.5 Å². The van der Waals surface area contributed by atoms with Crippen LogP contribution in [0.15, 0.2) is 72.8 Å². The number of aliphatic hydroxyl groups excluding tert-OH is 1. The lowest BCUT2D eigenvalue weighted by atomic mass is 9.91. The first kappa shape index (κ1) is 70.8. The molecule has 0 aliphatic heterocycles. The Bertz CT molecular complexity index is 2760. The topological polar surface area (TPSA) is 212 Å². The van der Waals surface area contributed by atoms with E-state index in [-0.39, 0.29) is 39.8 Å². The first-order valence-corrected chi connectivity index (χ1v) is 36.2. The van der Waals surface area contributed by atoms with Crippen molar-refractivity contribution in [3.05, 3.63) is 139 Å². The molecule has 0 aromatic heterocycles. The van der Waals surface area contributed by atoms with Gasteiger partial charge in [0.25, 0.3) is 5.91 Å². The highest BCUT2D eigenvalue weighted by atomic mass is 35.6. The summed E-state index contributed by atoms with van der Waals surface area (Å²) in [5, 5.41) is 20.6. The summed E-state index contributed by atoms with van der Waals surface area (Å²) in [6, 6.07) is 19.4. The van der Waals surface area contributed by atoms with E-state index in [0.717, 1.165) is 22.4 Å². The summed E-state index contributed by atoms with van der Waals surface area (Å²) in [5.41, 5.74) is 20.1. The molecule has 8 N–H and O–H groups in total. The van der Waals surface area contributed by atoms with Gasteiger partial charge in [-0.15, -0.1) is 0 Å². The maximum atomic E-state index is 12.5. The van der Waals surface area contributed by atoms with Gasteiger partial charge in [0.2, 0.25) is 37.4 Å². The number of nitrogens with two attached hydrogens (primary N) is 2. The molecule has 0 saturated heterocycles. The second kappa shape index (κ2) is 29.3. The number of phenols is 1. The molecule has 0 spiro atoms. The molecule has 0 heterocycles. The first-order chi connectivity index (χ1) is 35.4. The van der Waals surface area contributed by atoms with Crippen LogP contribution in [0.4, 0.5) is 11.4 Å². The standard InChI is InChI=1S/C20H20ClN3O4.C19H29ClN2O2Si.C13H21NO2Si.C6H15ClSi/c1-11-14(6-9-17(22-3)18(11)21)10-16(12(2)25)20(28)24-23-19(27)13-4-7-15(26)8-5-13;1-12-14(9-10-16(22-6)17(12)20)11-15(18(21)23)13(2)24-25(7,8)19(3,4)5;1-13(2,3)17(4,5)16-11-8-6-10(7-9-11)12(14)15;1-6(2,3)8(4,5)7/h4-9,12,16,25-26H,10H2,1-2H3,(H,23,27)(H,24,28);9-10,13,15H,11H2,1-5,7-8H3,(H2,21,23);6-9H,1-5H3,(H2,14,15);1-5H3/t12-,16-;13-,15-;;/m11../s1. The molecule has 0 radical (unpaired) electrons. The van der Waals surface area contributed by atoms with Crippen LogP contribution in [-0.4, -0.2) is 70.1 Å². The van der Waals surface area contributed by atoms with Gasteiger partial charge >= 0.3 is 0 Å². The van der Waals surface area contributed by atoms with Crippen molar-refractivity contribution in [3.8, 4) is 11.5 Å². The van der Waals surface area contributed by atoms with Gasteiger partial charge in [0.1, 0.15) is 11.5 Å². The number of halogens is 3. The minimum absolute atomic E-state index is 0.0213. The molecule has 4 atom stereocenters. The van der Waals surface area contributed by atoms with Gasteiger partial charge in [-0.25, -0.2) is 9.69 Å². The molecule has 428 valence electrons. The van der Waals surface area contributed by atoms with Crippen LogP contribution in [0.3, 0.4) is 0 Å². The van der Waals surface area contributed by atoms with Gasteiger partial charge in [-0.1, -0.05) is 123 Å². The van der Waals surface area contributed by atoms with Gasteiger partial charge in [0, 0.05) is 11.1 Å². The number of hydrogen-bond acceptors (Lipinski definition) is 8. The smallest absolute Gasteiger partial charge is 0.269 e. The molecule has 0 unspecified atom stereocenters. The lowest BCUT2D eigenvalue weighted by molar-refractivity contribution is -0.129. The van der Waals surface area contributed by atoms with Crippen molar-refractivity contribution in [1.29, 1.82) is 0 Å². The number of aliphatic hydroxyl groups is 1. The number of hydrogen-bond donors (Lipinski definition) is 6. The second-order valence-electron chi connectivity index (χ2n) is 23.9. The minimum atomic E-state index is -2.01. The molecule has 4 amide bonds. The average molecular weight is 1180 g/mol. The molecular formula is C58H85Cl3N6O8Si3. The molecule has 14 nitrogen and oxygen atoms in total. The SMILES string of the molecule is CC(C)(C)[Si](C)(C)Cl.CC(C)(C)[Si](C)(C)Oc1ccc(C(N)=O)cc1.[C-]#[N+]c1ccc(C[C@@H](C(=O)NNC(=O)c2ccc(O)cc2)[C@@H](C)O)c(C)c1Cl.[C-]#[N+]c1ccc(C[C@@H](C(N)=O)[C@@H](C)O[Si](C)(C)C(C)(C)C)c(C)c1Cl. The van der Waals surface area contributed by atoms with Gasteiger partial charge in [-0.2, -0.15) is 11.1 Å². The molecular weight excluding hydrogens is 1100 g/mol. The van der Waals surface area contributed by atoms with Crippen LogP contribution in [0.2, 0.25) is 64.4 Å². The van der Waals surface area contributed by atoms with Crippen molar-refractivity contribution in [1.82, 2.24) is 10.9 Å². The molecule has 0 aliphatic carbocycles. The third kappa shape index (κ3) is 21.4. The fourth-order valence-corrected chi connectivity index (χ4v) is 9.18. The second-order valence-corrected chi connectivity index (χ2v) is 41.4. The van der Waals surface area contributed by atoms with Crippen molar-refractivity contribution >= 4 is 93.3 Å². The van der Waals surface area contributed by atoms with Crippen LogP contribution in [0.25, 0.3) is 9.69 Å². The molecule has 4 rings (SSSR count). The Morgan fingerprint density at radius 3 is 1.38 bits per heavy atom. The van der Waals surface area contributed by atoms with Crippen LogP contribution in [-0.2, 0) is 26.9 Å². The number of aromatic hydroxyl groups is 1. The van der Waals surface area contributed by atoms with E-state index >= 15 is 0 Å². The Morgan fingerprint density at radius 1 is 0.641 bits per heavy atom. The summed E-state index contributed by atoms with van der Waals surface area (Å²) in [6.07, 6.45) is -0.626. The Labute approximate surface area is 482 Å². The number of nitrogens with zero attached hydrogens (tertiary/aromatic N) is 2. The fraction of sp³-hybridized carbons (Fsp3) is 0.483. The number of hydrazine groups is 1. The zero-order chi connectivity index (χ0) is 60.7. The Hall–Kier alpha value is -5.22. The zero-order valence-electron chi connectivity index (χ0n) is 49.2. The van der Waals surface area contributed by atoms with E-state index in [9.17, 15) is 29.4 Å². The Kier molecular flexibility index (Phi) is 26.6. The van der Waals surface area contributed by atoms with Crippen LogP contribution in [0.1, 0.15) is 119 Å². The first-order valence-electron chi connectivity index (χ1n) is 25.6. The van der Waals surface area contributed by atoms with Crippen molar-refractivity contribution in [2.45, 2.75) is 169 Å². The predicted molar refractivity (Wildman–Crippen MR) is 327 cm³/mol. The molecule has 20 heteroatoms. The number of primary amides is 2. The molecule has 0 fully saturated rings. The van der Waals surface area contributed by atoms with Gasteiger partial charge in [0.05, 0.1) is 47.2 Å². The van der Waals surface area contributed by atoms with Crippen molar-refractivity contribution in [2.75, 3.05) is 0 Å². The summed E-state index contributed by atoms with van der Waals surface area (Å²) >= 11 is 18.6. The Morgan fingerprint density at radius 2 is 1.04 bits per heavy atom. The zero-order valence-corrected chi connectivity index (χ0v) is 54.4. The fourth-order valence-electron chi connectivity index (χ4n) is 6.25. The molecule has 4 aromatic carbocycles. The third-order valence-corrected chi connectivity index (χ3v) is 29.9. The summed E-state index contributed by atoms with van der Waals surface area (Å²) in [6.45, 7) is 54.0. The molecule has 0 saturated carbocycles. The minimum Gasteiger partial charge on any atom is -0.544 e. The average Bonchev–Trinajstić information content (AvgIpc) is 3.30. The van der Waals surface area contributed by atoms with Gasteiger partial charge in [0.15, 0.2) is 15.7 Å². The maximum Gasteiger partial charge on any atom is 0.269 e. The number of phenolic OH excluding ortho intramolecular Hbond substituents is 1. The lowest BCUT2D eigenvalue weighted by Crippen LogP contribution is -2.47. The number of amides is 4. The molecule has 0 aliphatic rings. The summed E-state index contributed by atoms with van der Waals surface area (Å²) in [5.74, 6) is -2.36. The summed E-state index contributed by atoms with van der Waals surface area (Å²) in [7, 11) is -5.20. The number of rotatable bonds is 14. The van der Waals surface area contributed by atoms with E-state index in [0.29, 0.717) is 44.0 Å².